The van der Waals surface area contributed by atoms with Gasteiger partial charge >= 0.3 is 5.97 Å². The van der Waals surface area contributed by atoms with Crippen LogP contribution in [-0.2, 0) is 16.1 Å². The lowest BCUT2D eigenvalue weighted by atomic mass is 10.2. The van der Waals surface area contributed by atoms with Gasteiger partial charge in [-0.15, -0.1) is 0 Å². The molecular formula is C13H19BrN2O3. The van der Waals surface area contributed by atoms with E-state index in [2.05, 4.69) is 5.32 Å². The Morgan fingerprint density at radius 3 is 2.42 bits per heavy atom. The number of carbonyl (C=O) groups is 2. The zero-order valence-corrected chi connectivity index (χ0v) is 12.7. The van der Waals surface area contributed by atoms with Gasteiger partial charge in [-0.2, -0.15) is 0 Å². The number of hydrogen-bond acceptors (Lipinski definition) is 2. The molecule has 1 aromatic heterocycles. The number of nitrogens with zero attached hydrogens (tertiary/aromatic N) is 1. The molecular weight excluding hydrogens is 312 g/mol. The van der Waals surface area contributed by atoms with Crippen LogP contribution in [0.1, 0.15) is 25.3 Å². The number of rotatable bonds is 6. The third-order valence-corrected chi connectivity index (χ3v) is 2.70. The molecule has 0 radical (unpaired) electrons. The van der Waals surface area contributed by atoms with Crippen LogP contribution in [0.15, 0.2) is 24.5 Å². The maximum atomic E-state index is 11.6. The lowest BCUT2D eigenvalue weighted by molar-refractivity contribution is -0.695. The van der Waals surface area contributed by atoms with Crippen LogP contribution in [0.25, 0.3) is 0 Å². The largest absolute Gasteiger partial charge is 1.00 e. The number of carboxylic acids is 1. The highest BCUT2D eigenvalue weighted by Crippen LogP contribution is 1.93. The van der Waals surface area contributed by atoms with Crippen molar-refractivity contribution in [1.29, 1.82) is 0 Å². The van der Waals surface area contributed by atoms with E-state index in [0.717, 1.165) is 5.56 Å². The van der Waals surface area contributed by atoms with Crippen molar-refractivity contribution < 1.29 is 36.2 Å². The van der Waals surface area contributed by atoms with Crippen LogP contribution in [0.3, 0.4) is 0 Å². The highest BCUT2D eigenvalue weighted by Gasteiger charge is 2.17. The minimum Gasteiger partial charge on any atom is -1.00 e. The van der Waals surface area contributed by atoms with Crippen molar-refractivity contribution in [3.05, 3.63) is 30.1 Å². The minimum atomic E-state index is -0.992. The van der Waals surface area contributed by atoms with Crippen LogP contribution in [-0.4, -0.2) is 23.0 Å². The third-order valence-electron chi connectivity index (χ3n) is 2.70. The smallest absolute Gasteiger partial charge is 0.326 e. The van der Waals surface area contributed by atoms with Gasteiger partial charge in [-0.3, -0.25) is 4.79 Å². The van der Waals surface area contributed by atoms with Crippen LogP contribution in [0.2, 0.25) is 0 Å². The molecule has 1 heterocycles. The van der Waals surface area contributed by atoms with Gasteiger partial charge in [-0.05, 0) is 18.9 Å². The highest BCUT2D eigenvalue weighted by molar-refractivity contribution is 5.83. The Morgan fingerprint density at radius 2 is 1.95 bits per heavy atom. The SMILES string of the molecule is CCC(NC(=O)CC[n+]1ccc(C)cc1)C(=O)O.[Br-]. The Labute approximate surface area is 123 Å². The number of nitrogens with one attached hydrogen (secondary N) is 1. The Bertz CT molecular complexity index is 420. The normalized spacial score (nSPS) is 11.3. The van der Waals surface area contributed by atoms with Crippen molar-refractivity contribution in [3.63, 3.8) is 0 Å². The highest BCUT2D eigenvalue weighted by atomic mass is 79.9. The topological polar surface area (TPSA) is 70.3 Å². The number of aliphatic carboxylic acids is 1. The Morgan fingerprint density at radius 1 is 1.37 bits per heavy atom. The van der Waals surface area contributed by atoms with Gasteiger partial charge in [0.05, 0.1) is 6.42 Å². The van der Waals surface area contributed by atoms with Gasteiger partial charge in [0.25, 0.3) is 0 Å². The molecule has 0 aliphatic heterocycles. The van der Waals surface area contributed by atoms with Crippen LogP contribution in [0, 0.1) is 6.92 Å². The number of aromatic nitrogens is 1. The first kappa shape index (κ1) is 17.6. The summed E-state index contributed by atoms with van der Waals surface area (Å²) in [5, 5.41) is 11.3. The number of carboxylic acid groups (broad SMARTS) is 1. The summed E-state index contributed by atoms with van der Waals surface area (Å²) in [7, 11) is 0. The van der Waals surface area contributed by atoms with E-state index < -0.39 is 12.0 Å². The molecule has 0 spiro atoms. The van der Waals surface area contributed by atoms with E-state index in [9.17, 15) is 9.59 Å². The Balaban J connectivity index is 0.00000324. The molecule has 1 amide bonds. The number of carbonyl (C=O) groups excluding carboxylic acids is 1. The molecule has 0 saturated heterocycles. The summed E-state index contributed by atoms with van der Waals surface area (Å²) in [5.74, 6) is -1.23. The van der Waals surface area contributed by atoms with Gasteiger partial charge in [0, 0.05) is 12.1 Å². The fraction of sp³-hybridized carbons (Fsp3) is 0.462. The molecule has 106 valence electrons. The number of hydrogen-bond donors (Lipinski definition) is 2. The summed E-state index contributed by atoms with van der Waals surface area (Å²) < 4.78 is 1.90. The lowest BCUT2D eigenvalue weighted by Gasteiger charge is -2.11. The average molecular weight is 331 g/mol. The molecule has 19 heavy (non-hydrogen) atoms. The summed E-state index contributed by atoms with van der Waals surface area (Å²) in [6.45, 7) is 4.27. The number of amides is 1. The molecule has 5 nitrogen and oxygen atoms in total. The van der Waals surface area contributed by atoms with Crippen molar-refractivity contribution in [2.75, 3.05) is 0 Å². The maximum Gasteiger partial charge on any atom is 0.326 e. The van der Waals surface area contributed by atoms with Gasteiger partial charge in [0.15, 0.2) is 18.9 Å². The first-order valence-electron chi connectivity index (χ1n) is 6.00. The zero-order chi connectivity index (χ0) is 13.5. The van der Waals surface area contributed by atoms with Crippen LogP contribution in [0.5, 0.6) is 0 Å². The number of pyridine rings is 1. The standard InChI is InChI=1S/C13H18N2O3.BrH/c1-3-11(13(17)18)14-12(16)6-9-15-7-4-10(2)5-8-15;/h4-5,7-8,11H,3,6,9H2,1-2H3,(H-,14,16,17,18);1H. The van der Waals surface area contributed by atoms with Gasteiger partial charge in [0.2, 0.25) is 5.91 Å². The molecule has 1 unspecified atom stereocenters. The second-order valence-electron chi connectivity index (χ2n) is 4.23. The van der Waals surface area contributed by atoms with Crippen LogP contribution >= 0.6 is 0 Å². The Hall–Kier alpha value is -1.43. The van der Waals surface area contributed by atoms with Crippen molar-refractivity contribution >= 4 is 11.9 Å². The Kier molecular flexibility index (Phi) is 7.98. The molecule has 0 fully saturated rings. The van der Waals surface area contributed by atoms with Gasteiger partial charge in [-0.25, -0.2) is 9.36 Å². The van der Waals surface area contributed by atoms with Gasteiger partial charge in [0.1, 0.15) is 6.04 Å². The lowest BCUT2D eigenvalue weighted by Crippen LogP contribution is -3.00. The molecule has 1 rings (SSSR count). The summed E-state index contributed by atoms with van der Waals surface area (Å²) in [4.78, 5) is 22.3. The first-order chi connectivity index (χ1) is 8.52. The molecule has 1 atom stereocenters. The van der Waals surface area contributed by atoms with Gasteiger partial charge in [-0.1, -0.05) is 6.92 Å². The van der Waals surface area contributed by atoms with E-state index in [4.69, 9.17) is 5.11 Å². The summed E-state index contributed by atoms with van der Waals surface area (Å²) >= 11 is 0. The first-order valence-corrected chi connectivity index (χ1v) is 6.00. The predicted molar refractivity (Wildman–Crippen MR) is 65.8 cm³/mol. The third kappa shape index (κ3) is 6.33. The molecule has 1 aromatic rings. The van der Waals surface area contributed by atoms with Crippen LogP contribution in [0.4, 0.5) is 0 Å². The quantitative estimate of drug-likeness (QED) is 0.574. The predicted octanol–water partition coefficient (Wildman–Crippen LogP) is -2.34. The van der Waals surface area contributed by atoms with E-state index in [1.165, 1.54) is 0 Å². The molecule has 2 N–H and O–H groups in total. The second kappa shape index (κ2) is 8.63. The molecule has 0 aromatic carbocycles. The molecule has 0 saturated carbocycles. The molecule has 6 heteroatoms. The average Bonchev–Trinajstić information content (AvgIpc) is 2.35. The maximum absolute atomic E-state index is 11.6. The monoisotopic (exact) mass is 330 g/mol. The van der Waals surface area contributed by atoms with E-state index in [1.54, 1.807) is 6.92 Å². The van der Waals surface area contributed by atoms with Crippen LogP contribution < -0.4 is 26.9 Å². The number of aryl methyl sites for hydroxylation is 2. The van der Waals surface area contributed by atoms with Crippen molar-refractivity contribution in [2.45, 2.75) is 39.3 Å². The molecule has 0 aliphatic rings. The van der Waals surface area contributed by atoms with E-state index in [-0.39, 0.29) is 29.3 Å². The minimum absolute atomic E-state index is 0. The van der Waals surface area contributed by atoms with E-state index >= 15 is 0 Å². The summed E-state index contributed by atoms with van der Waals surface area (Å²) in [6.07, 6.45) is 4.46. The van der Waals surface area contributed by atoms with Crippen molar-refractivity contribution in [1.82, 2.24) is 5.32 Å². The van der Waals surface area contributed by atoms with E-state index in [0.29, 0.717) is 13.0 Å². The van der Waals surface area contributed by atoms with Crippen molar-refractivity contribution in [2.24, 2.45) is 0 Å². The number of halogens is 1. The summed E-state index contributed by atoms with van der Waals surface area (Å²) in [6, 6.07) is 3.13. The summed E-state index contributed by atoms with van der Waals surface area (Å²) in [5.41, 5.74) is 1.16. The fourth-order valence-corrected chi connectivity index (χ4v) is 1.52. The zero-order valence-electron chi connectivity index (χ0n) is 11.1. The van der Waals surface area contributed by atoms with Gasteiger partial charge < -0.3 is 27.4 Å². The van der Waals surface area contributed by atoms with E-state index in [1.807, 2.05) is 36.0 Å². The van der Waals surface area contributed by atoms with Crippen molar-refractivity contribution in [3.8, 4) is 0 Å². The fourth-order valence-electron chi connectivity index (χ4n) is 1.52. The second-order valence-corrected chi connectivity index (χ2v) is 4.23. The molecule has 0 bridgehead atoms. The molecule has 0 aliphatic carbocycles.